The SMILES string of the molecule is C#CCOCC1CCN(C(=O)Nc2ccccc2OCC)CC1. The first-order chi connectivity index (χ1) is 11.2. The number of piperidine rings is 1. The van der Waals surface area contributed by atoms with E-state index in [0.29, 0.717) is 37.2 Å². The van der Waals surface area contributed by atoms with Gasteiger partial charge in [-0.2, -0.15) is 0 Å². The molecule has 23 heavy (non-hydrogen) atoms. The number of carbonyl (C=O) groups is 1. The molecule has 0 aliphatic carbocycles. The third-order valence-corrected chi connectivity index (χ3v) is 3.87. The van der Waals surface area contributed by atoms with Crippen LogP contribution in [0.25, 0.3) is 0 Å². The summed E-state index contributed by atoms with van der Waals surface area (Å²) in [6.07, 6.45) is 7.04. The molecule has 5 heteroatoms. The van der Waals surface area contributed by atoms with E-state index in [0.717, 1.165) is 25.9 Å². The summed E-state index contributed by atoms with van der Waals surface area (Å²) in [6, 6.07) is 7.40. The lowest BCUT2D eigenvalue weighted by Crippen LogP contribution is -2.41. The Bertz CT molecular complexity index is 545. The van der Waals surface area contributed by atoms with Crippen LogP contribution >= 0.6 is 0 Å². The van der Waals surface area contributed by atoms with E-state index in [4.69, 9.17) is 15.9 Å². The summed E-state index contributed by atoms with van der Waals surface area (Å²) in [5.41, 5.74) is 0.707. The van der Waals surface area contributed by atoms with Gasteiger partial charge in [0, 0.05) is 13.1 Å². The third kappa shape index (κ3) is 5.19. The van der Waals surface area contributed by atoms with Crippen molar-refractivity contribution in [3.05, 3.63) is 24.3 Å². The maximum atomic E-state index is 12.4. The van der Waals surface area contributed by atoms with E-state index >= 15 is 0 Å². The number of terminal acetylenes is 1. The van der Waals surface area contributed by atoms with Gasteiger partial charge in [0.1, 0.15) is 12.4 Å². The van der Waals surface area contributed by atoms with E-state index in [9.17, 15) is 4.79 Å². The van der Waals surface area contributed by atoms with E-state index in [1.165, 1.54) is 0 Å². The standard InChI is InChI=1S/C18H24N2O3/c1-3-13-22-14-15-9-11-20(12-10-15)18(21)19-16-7-5-6-8-17(16)23-4-2/h1,5-8,15H,4,9-14H2,2H3,(H,19,21). The highest BCUT2D eigenvalue weighted by Gasteiger charge is 2.23. The van der Waals surface area contributed by atoms with Crippen molar-refractivity contribution in [3.8, 4) is 18.1 Å². The number of likely N-dealkylation sites (tertiary alicyclic amines) is 1. The van der Waals surface area contributed by atoms with Crippen molar-refractivity contribution in [1.29, 1.82) is 0 Å². The molecular weight excluding hydrogens is 292 g/mol. The Labute approximate surface area is 138 Å². The molecule has 2 rings (SSSR count). The predicted molar refractivity (Wildman–Crippen MR) is 90.6 cm³/mol. The summed E-state index contributed by atoms with van der Waals surface area (Å²) < 4.78 is 10.9. The molecule has 0 atom stereocenters. The van der Waals surface area contributed by atoms with E-state index in [-0.39, 0.29) is 6.03 Å². The van der Waals surface area contributed by atoms with Gasteiger partial charge in [0.2, 0.25) is 0 Å². The lowest BCUT2D eigenvalue weighted by molar-refractivity contribution is 0.0932. The molecule has 1 aromatic carbocycles. The molecule has 124 valence electrons. The van der Waals surface area contributed by atoms with Crippen molar-refractivity contribution >= 4 is 11.7 Å². The molecule has 1 heterocycles. The van der Waals surface area contributed by atoms with Crippen LogP contribution in [0.4, 0.5) is 10.5 Å². The lowest BCUT2D eigenvalue weighted by atomic mass is 9.98. The fourth-order valence-corrected chi connectivity index (χ4v) is 2.63. The Kier molecular flexibility index (Phi) is 6.76. The number of hydrogen-bond donors (Lipinski definition) is 1. The minimum Gasteiger partial charge on any atom is -0.492 e. The van der Waals surface area contributed by atoms with Gasteiger partial charge >= 0.3 is 6.03 Å². The average Bonchev–Trinajstić information content (AvgIpc) is 2.58. The van der Waals surface area contributed by atoms with Gasteiger partial charge in [-0.3, -0.25) is 0 Å². The Morgan fingerprint density at radius 3 is 2.83 bits per heavy atom. The van der Waals surface area contributed by atoms with E-state index in [2.05, 4.69) is 11.2 Å². The molecule has 1 saturated heterocycles. The normalized spacial score (nSPS) is 15.0. The van der Waals surface area contributed by atoms with Crippen molar-refractivity contribution in [2.45, 2.75) is 19.8 Å². The van der Waals surface area contributed by atoms with Crippen LogP contribution in [0.2, 0.25) is 0 Å². The first-order valence-electron chi connectivity index (χ1n) is 8.03. The second-order valence-corrected chi connectivity index (χ2v) is 5.51. The van der Waals surface area contributed by atoms with Gasteiger partial charge in [-0.15, -0.1) is 6.42 Å². The maximum Gasteiger partial charge on any atom is 0.321 e. The smallest absolute Gasteiger partial charge is 0.321 e. The van der Waals surface area contributed by atoms with Gasteiger partial charge in [-0.25, -0.2) is 4.79 Å². The molecule has 1 aromatic rings. The van der Waals surface area contributed by atoms with Crippen molar-refractivity contribution in [1.82, 2.24) is 4.90 Å². The Morgan fingerprint density at radius 2 is 2.13 bits per heavy atom. The molecule has 5 nitrogen and oxygen atoms in total. The molecule has 1 fully saturated rings. The minimum absolute atomic E-state index is 0.0832. The third-order valence-electron chi connectivity index (χ3n) is 3.87. The first kappa shape index (κ1) is 17.2. The molecule has 1 aliphatic rings. The fraction of sp³-hybridized carbons (Fsp3) is 0.500. The van der Waals surface area contributed by atoms with Crippen LogP contribution in [0.5, 0.6) is 5.75 Å². The topological polar surface area (TPSA) is 50.8 Å². The number of rotatable bonds is 6. The van der Waals surface area contributed by atoms with Crippen LogP contribution in [0, 0.1) is 18.3 Å². The Morgan fingerprint density at radius 1 is 1.39 bits per heavy atom. The van der Waals surface area contributed by atoms with Crippen LogP contribution < -0.4 is 10.1 Å². The summed E-state index contributed by atoms with van der Waals surface area (Å²) in [6.45, 7) is 4.97. The predicted octanol–water partition coefficient (Wildman–Crippen LogP) is 2.98. The highest BCUT2D eigenvalue weighted by Crippen LogP contribution is 2.25. The number of anilines is 1. The van der Waals surface area contributed by atoms with Crippen LogP contribution in [0.3, 0.4) is 0 Å². The highest BCUT2D eigenvalue weighted by molar-refractivity contribution is 5.91. The molecule has 1 aliphatic heterocycles. The molecule has 0 spiro atoms. The number of para-hydroxylation sites is 2. The van der Waals surface area contributed by atoms with E-state index in [1.54, 1.807) is 0 Å². The van der Waals surface area contributed by atoms with Gasteiger partial charge in [-0.1, -0.05) is 18.1 Å². The van der Waals surface area contributed by atoms with Crippen LogP contribution in [0.15, 0.2) is 24.3 Å². The number of ether oxygens (including phenoxy) is 2. The number of amides is 2. The monoisotopic (exact) mass is 316 g/mol. The molecule has 0 radical (unpaired) electrons. The second kappa shape index (κ2) is 9.06. The van der Waals surface area contributed by atoms with E-state index in [1.807, 2.05) is 36.1 Å². The average molecular weight is 316 g/mol. The molecule has 2 amide bonds. The maximum absolute atomic E-state index is 12.4. The Balaban J connectivity index is 1.83. The zero-order valence-corrected chi connectivity index (χ0v) is 13.6. The number of benzene rings is 1. The molecular formula is C18H24N2O3. The summed E-state index contributed by atoms with van der Waals surface area (Å²) in [7, 11) is 0. The number of carbonyl (C=O) groups excluding carboxylic acids is 1. The van der Waals surface area contributed by atoms with Crippen LogP contribution in [-0.4, -0.2) is 43.8 Å². The zero-order valence-electron chi connectivity index (χ0n) is 13.6. The van der Waals surface area contributed by atoms with Gasteiger partial charge in [0.05, 0.1) is 18.9 Å². The van der Waals surface area contributed by atoms with Crippen molar-refractivity contribution in [2.75, 3.05) is 38.2 Å². The van der Waals surface area contributed by atoms with Crippen molar-refractivity contribution in [2.24, 2.45) is 5.92 Å². The zero-order chi connectivity index (χ0) is 16.5. The quantitative estimate of drug-likeness (QED) is 0.648. The number of nitrogens with zero attached hydrogens (tertiary/aromatic N) is 1. The number of hydrogen-bond acceptors (Lipinski definition) is 3. The molecule has 0 bridgehead atoms. The molecule has 0 saturated carbocycles. The van der Waals surface area contributed by atoms with Crippen LogP contribution in [0.1, 0.15) is 19.8 Å². The molecule has 1 N–H and O–H groups in total. The summed E-state index contributed by atoms with van der Waals surface area (Å²) in [4.78, 5) is 14.2. The largest absolute Gasteiger partial charge is 0.492 e. The van der Waals surface area contributed by atoms with Gasteiger partial charge in [0.15, 0.2) is 0 Å². The second-order valence-electron chi connectivity index (χ2n) is 5.51. The lowest BCUT2D eigenvalue weighted by Gasteiger charge is -2.31. The number of nitrogens with one attached hydrogen (secondary N) is 1. The fourth-order valence-electron chi connectivity index (χ4n) is 2.63. The summed E-state index contributed by atoms with van der Waals surface area (Å²) in [5, 5.41) is 2.94. The van der Waals surface area contributed by atoms with Gasteiger partial charge in [-0.05, 0) is 37.8 Å². The van der Waals surface area contributed by atoms with Crippen molar-refractivity contribution < 1.29 is 14.3 Å². The first-order valence-corrected chi connectivity index (χ1v) is 8.03. The Hall–Kier alpha value is -2.19. The summed E-state index contributed by atoms with van der Waals surface area (Å²) >= 11 is 0. The van der Waals surface area contributed by atoms with Crippen LogP contribution in [-0.2, 0) is 4.74 Å². The highest BCUT2D eigenvalue weighted by atomic mass is 16.5. The minimum atomic E-state index is -0.0832. The molecule has 0 unspecified atom stereocenters. The van der Waals surface area contributed by atoms with Crippen molar-refractivity contribution in [3.63, 3.8) is 0 Å². The number of urea groups is 1. The molecule has 0 aromatic heterocycles. The van der Waals surface area contributed by atoms with Gasteiger partial charge in [0.25, 0.3) is 0 Å². The van der Waals surface area contributed by atoms with E-state index < -0.39 is 0 Å². The van der Waals surface area contributed by atoms with Gasteiger partial charge < -0.3 is 19.7 Å². The summed E-state index contributed by atoms with van der Waals surface area (Å²) in [5.74, 6) is 3.64.